The lowest BCUT2D eigenvalue weighted by molar-refractivity contribution is -0.149. The lowest BCUT2D eigenvalue weighted by atomic mass is 10.1. The zero-order chi connectivity index (χ0) is 23.5. The van der Waals surface area contributed by atoms with Gasteiger partial charge in [0.2, 0.25) is 5.91 Å². The van der Waals surface area contributed by atoms with E-state index in [1.54, 1.807) is 19.9 Å². The molecule has 32 heavy (non-hydrogen) atoms. The second kappa shape index (κ2) is 9.25. The minimum atomic E-state index is -4.48. The molecule has 1 amide bonds. The van der Waals surface area contributed by atoms with E-state index in [4.69, 9.17) is 4.74 Å². The molecule has 3 aromatic rings. The first kappa shape index (κ1) is 23.0. The molecule has 0 spiro atoms. The van der Waals surface area contributed by atoms with Gasteiger partial charge in [-0.25, -0.2) is 9.50 Å². The second-order valence-corrected chi connectivity index (χ2v) is 7.06. The molecule has 1 aromatic carbocycles. The van der Waals surface area contributed by atoms with Gasteiger partial charge in [0.25, 0.3) is 5.56 Å². The molecule has 0 atom stereocenters. The van der Waals surface area contributed by atoms with Crippen molar-refractivity contribution < 1.29 is 27.5 Å². The number of benzene rings is 1. The van der Waals surface area contributed by atoms with E-state index >= 15 is 0 Å². The summed E-state index contributed by atoms with van der Waals surface area (Å²) in [4.78, 5) is 43.2. The van der Waals surface area contributed by atoms with Gasteiger partial charge in [-0.3, -0.25) is 19.5 Å². The van der Waals surface area contributed by atoms with E-state index in [1.807, 2.05) is 0 Å². The molecule has 0 unspecified atom stereocenters. The largest absolute Gasteiger partial charge is 0.465 e. The molecule has 0 bridgehead atoms. The van der Waals surface area contributed by atoms with Crippen LogP contribution in [0.15, 0.2) is 41.3 Å². The van der Waals surface area contributed by atoms with E-state index in [0.29, 0.717) is 16.9 Å². The first-order valence-corrected chi connectivity index (χ1v) is 9.75. The van der Waals surface area contributed by atoms with Crippen molar-refractivity contribution in [3.8, 4) is 0 Å². The van der Waals surface area contributed by atoms with Gasteiger partial charge in [-0.05, 0) is 31.5 Å². The number of amides is 1. The quantitative estimate of drug-likeness (QED) is 0.558. The molecule has 0 aliphatic carbocycles. The third-order valence-electron chi connectivity index (χ3n) is 4.81. The fourth-order valence-corrected chi connectivity index (χ4v) is 3.19. The van der Waals surface area contributed by atoms with Crippen LogP contribution in [0, 0.1) is 6.92 Å². The number of hydrogen-bond acceptors (Lipinski definition) is 5. The van der Waals surface area contributed by atoms with Gasteiger partial charge in [-0.2, -0.15) is 13.2 Å². The average Bonchev–Trinajstić information content (AvgIpc) is 3.19. The summed E-state index contributed by atoms with van der Waals surface area (Å²) in [7, 11) is 0. The van der Waals surface area contributed by atoms with E-state index in [0.717, 1.165) is 17.0 Å². The smallest absolute Gasteiger partial charge is 0.416 e. The van der Waals surface area contributed by atoms with Crippen LogP contribution in [-0.4, -0.2) is 44.5 Å². The van der Waals surface area contributed by atoms with Gasteiger partial charge in [0.15, 0.2) is 5.65 Å². The lowest BCUT2D eigenvalue weighted by Gasteiger charge is -2.22. The molecular formula is C21H21F3N4O4. The summed E-state index contributed by atoms with van der Waals surface area (Å²) in [5, 5.41) is 2.71. The molecule has 2 aromatic heterocycles. The summed E-state index contributed by atoms with van der Waals surface area (Å²) in [6.07, 6.45) is -3.28. The molecule has 170 valence electrons. The first-order chi connectivity index (χ1) is 15.1. The first-order valence-electron chi connectivity index (χ1n) is 9.75. The van der Waals surface area contributed by atoms with Crippen molar-refractivity contribution in [1.29, 1.82) is 0 Å². The van der Waals surface area contributed by atoms with Crippen LogP contribution in [-0.2, 0) is 33.5 Å². The zero-order valence-electron chi connectivity index (χ0n) is 17.4. The van der Waals surface area contributed by atoms with Crippen molar-refractivity contribution in [2.45, 2.75) is 33.0 Å². The maximum atomic E-state index is 13.0. The topological polar surface area (TPSA) is 96.8 Å². The number of aromatic nitrogens is 3. The standard InChI is InChI=1S/C21H21F3N4O4/c1-3-32-19(30)12-27(11-14-4-6-15(7-5-14)21(22,23)24)18(29)10-16-13(2)26-17-8-9-25-28(17)20(16)31/h4-9,25H,3,10-12H2,1-2H3. The molecule has 1 N–H and O–H groups in total. The Hall–Kier alpha value is -3.63. The number of fused-ring (bicyclic) bond motifs is 1. The van der Waals surface area contributed by atoms with Gasteiger partial charge >= 0.3 is 12.1 Å². The fourth-order valence-electron chi connectivity index (χ4n) is 3.19. The molecular weight excluding hydrogens is 429 g/mol. The summed E-state index contributed by atoms with van der Waals surface area (Å²) >= 11 is 0. The number of H-pyrrole nitrogens is 1. The molecule has 8 nitrogen and oxygen atoms in total. The number of alkyl halides is 3. The normalized spacial score (nSPS) is 11.5. The minimum absolute atomic E-state index is 0.106. The number of hydrogen-bond donors (Lipinski definition) is 1. The highest BCUT2D eigenvalue weighted by molar-refractivity contribution is 5.83. The van der Waals surface area contributed by atoms with Gasteiger partial charge < -0.3 is 9.64 Å². The summed E-state index contributed by atoms with van der Waals surface area (Å²) in [6, 6.07) is 5.89. The Balaban J connectivity index is 1.86. The molecule has 0 saturated carbocycles. The number of aryl methyl sites for hydroxylation is 1. The lowest BCUT2D eigenvalue weighted by Crippen LogP contribution is -2.38. The predicted octanol–water partition coefficient (Wildman–Crippen LogP) is 2.48. The monoisotopic (exact) mass is 450 g/mol. The van der Waals surface area contributed by atoms with Crippen LogP contribution >= 0.6 is 0 Å². The van der Waals surface area contributed by atoms with Gasteiger partial charge in [0.05, 0.1) is 18.6 Å². The summed E-state index contributed by atoms with van der Waals surface area (Å²) in [5.74, 6) is -1.23. The van der Waals surface area contributed by atoms with Crippen molar-refractivity contribution in [2.24, 2.45) is 0 Å². The van der Waals surface area contributed by atoms with Crippen LogP contribution < -0.4 is 5.56 Å². The number of nitrogens with one attached hydrogen (secondary N) is 1. The zero-order valence-corrected chi connectivity index (χ0v) is 17.4. The van der Waals surface area contributed by atoms with Crippen molar-refractivity contribution in [2.75, 3.05) is 13.2 Å². The van der Waals surface area contributed by atoms with Crippen LogP contribution in [0.2, 0.25) is 0 Å². The Morgan fingerprint density at radius 2 is 1.88 bits per heavy atom. The van der Waals surface area contributed by atoms with Crippen molar-refractivity contribution in [1.82, 2.24) is 19.5 Å². The highest BCUT2D eigenvalue weighted by Gasteiger charge is 2.30. The Morgan fingerprint density at radius 3 is 2.50 bits per heavy atom. The number of nitrogens with zero attached hydrogens (tertiary/aromatic N) is 3. The summed E-state index contributed by atoms with van der Waals surface area (Å²) < 4.78 is 44.5. The fraction of sp³-hybridized carbons (Fsp3) is 0.333. The number of aromatic amines is 1. The van der Waals surface area contributed by atoms with Crippen LogP contribution in [0.25, 0.3) is 5.65 Å². The summed E-state index contributed by atoms with van der Waals surface area (Å²) in [5.41, 5.74) is 0.0404. The summed E-state index contributed by atoms with van der Waals surface area (Å²) in [6.45, 7) is 2.78. The second-order valence-electron chi connectivity index (χ2n) is 7.06. The van der Waals surface area contributed by atoms with Crippen molar-refractivity contribution in [3.63, 3.8) is 0 Å². The van der Waals surface area contributed by atoms with E-state index in [2.05, 4.69) is 10.1 Å². The SMILES string of the molecule is CCOC(=O)CN(Cc1ccc(C(F)(F)F)cc1)C(=O)Cc1c(C)nc2cc[nH]n2c1=O. The van der Waals surface area contributed by atoms with Gasteiger partial charge in [-0.15, -0.1) is 0 Å². The number of carbonyl (C=O) groups is 2. The maximum absolute atomic E-state index is 13.0. The van der Waals surface area contributed by atoms with Crippen LogP contribution in [0.3, 0.4) is 0 Å². The van der Waals surface area contributed by atoms with Crippen LogP contribution in [0.5, 0.6) is 0 Å². The molecule has 2 heterocycles. The Kier molecular flexibility index (Phi) is 6.66. The van der Waals surface area contributed by atoms with Gasteiger partial charge in [0.1, 0.15) is 6.54 Å². The average molecular weight is 450 g/mol. The molecule has 0 aliphatic rings. The molecule has 3 rings (SSSR count). The van der Waals surface area contributed by atoms with E-state index in [-0.39, 0.29) is 25.1 Å². The van der Waals surface area contributed by atoms with E-state index in [1.165, 1.54) is 22.8 Å². The van der Waals surface area contributed by atoms with E-state index in [9.17, 15) is 27.6 Å². The number of halogens is 3. The van der Waals surface area contributed by atoms with Crippen LogP contribution in [0.1, 0.15) is 29.3 Å². The van der Waals surface area contributed by atoms with Gasteiger partial charge in [-0.1, -0.05) is 12.1 Å². The Morgan fingerprint density at radius 1 is 1.19 bits per heavy atom. The minimum Gasteiger partial charge on any atom is -0.465 e. The molecule has 0 saturated heterocycles. The Labute approximate surface area is 180 Å². The van der Waals surface area contributed by atoms with E-state index < -0.39 is 35.7 Å². The molecule has 0 aliphatic heterocycles. The third kappa shape index (κ3) is 5.16. The molecule has 11 heteroatoms. The molecule has 0 radical (unpaired) electrons. The maximum Gasteiger partial charge on any atom is 0.416 e. The highest BCUT2D eigenvalue weighted by atomic mass is 19.4. The third-order valence-corrected chi connectivity index (χ3v) is 4.81. The number of rotatable bonds is 7. The van der Waals surface area contributed by atoms with Crippen molar-refractivity contribution in [3.05, 3.63) is 69.3 Å². The molecule has 0 fully saturated rings. The van der Waals surface area contributed by atoms with Crippen LogP contribution in [0.4, 0.5) is 13.2 Å². The number of carbonyl (C=O) groups excluding carboxylic acids is 2. The number of ether oxygens (including phenoxy) is 1. The Bertz CT molecular complexity index is 1180. The van der Waals surface area contributed by atoms with Gasteiger partial charge in [0, 0.05) is 30.1 Å². The predicted molar refractivity (Wildman–Crippen MR) is 108 cm³/mol. The number of esters is 1. The highest BCUT2D eigenvalue weighted by Crippen LogP contribution is 2.29. The van der Waals surface area contributed by atoms with Crippen molar-refractivity contribution >= 4 is 17.5 Å².